The Balaban J connectivity index is 1.48. The highest BCUT2D eigenvalue weighted by atomic mass is 35.5. The maximum absolute atomic E-state index is 13.0. The van der Waals surface area contributed by atoms with Crippen molar-refractivity contribution in [2.75, 3.05) is 31.1 Å². The minimum atomic E-state index is -3.97. The molecular formula is C18H16ClN5O5S. The van der Waals surface area contributed by atoms with Crippen molar-refractivity contribution in [3.8, 4) is 11.5 Å². The number of non-ortho nitro benzene ring substituents is 1. The van der Waals surface area contributed by atoms with Gasteiger partial charge in [0.05, 0.1) is 16.2 Å². The van der Waals surface area contributed by atoms with Crippen molar-refractivity contribution < 1.29 is 17.8 Å². The van der Waals surface area contributed by atoms with E-state index in [-0.39, 0.29) is 28.7 Å². The number of halogens is 1. The third kappa shape index (κ3) is 3.86. The number of sulfonamides is 1. The SMILES string of the molecule is O=[N+]([O-])c1ccc(Cl)c(S(=O)(=O)N2CCN(c3ccc(-c4ccco4)nn3)CC2)c1. The Morgan fingerprint density at radius 2 is 1.83 bits per heavy atom. The Morgan fingerprint density at radius 3 is 2.43 bits per heavy atom. The molecular weight excluding hydrogens is 434 g/mol. The number of nitro benzene ring substituents is 1. The van der Waals surface area contributed by atoms with Gasteiger partial charge in [0.2, 0.25) is 10.0 Å². The Hall–Kier alpha value is -3.02. The monoisotopic (exact) mass is 449 g/mol. The van der Waals surface area contributed by atoms with Crippen molar-refractivity contribution >= 4 is 33.1 Å². The largest absolute Gasteiger partial charge is 0.463 e. The Morgan fingerprint density at radius 1 is 1.07 bits per heavy atom. The first-order chi connectivity index (χ1) is 14.4. The molecule has 3 heterocycles. The van der Waals surface area contributed by atoms with Gasteiger partial charge in [-0.15, -0.1) is 10.2 Å². The minimum absolute atomic E-state index is 0.0533. The summed E-state index contributed by atoms with van der Waals surface area (Å²) in [6, 6.07) is 10.5. The summed E-state index contributed by atoms with van der Waals surface area (Å²) >= 11 is 6.02. The summed E-state index contributed by atoms with van der Waals surface area (Å²) in [4.78, 5) is 12.0. The van der Waals surface area contributed by atoms with Crippen LogP contribution in [0.5, 0.6) is 0 Å². The number of aromatic nitrogens is 2. The number of hydrogen-bond donors (Lipinski definition) is 0. The predicted octanol–water partition coefficient (Wildman–Crippen LogP) is 2.81. The molecule has 0 atom stereocenters. The highest BCUT2D eigenvalue weighted by Crippen LogP contribution is 2.29. The fourth-order valence-corrected chi connectivity index (χ4v) is 5.07. The predicted molar refractivity (Wildman–Crippen MR) is 109 cm³/mol. The van der Waals surface area contributed by atoms with Gasteiger partial charge in [-0.2, -0.15) is 4.31 Å². The van der Waals surface area contributed by atoms with Crippen molar-refractivity contribution in [3.05, 3.63) is 63.9 Å². The molecule has 1 aromatic carbocycles. The molecule has 1 aliphatic rings. The van der Waals surface area contributed by atoms with Crippen LogP contribution in [0.2, 0.25) is 5.02 Å². The van der Waals surface area contributed by atoms with Crippen LogP contribution in [0, 0.1) is 10.1 Å². The topological polar surface area (TPSA) is 123 Å². The lowest BCUT2D eigenvalue weighted by molar-refractivity contribution is -0.385. The summed E-state index contributed by atoms with van der Waals surface area (Å²) in [7, 11) is -3.97. The fraction of sp³-hybridized carbons (Fsp3) is 0.222. The lowest BCUT2D eigenvalue weighted by Gasteiger charge is -2.34. The van der Waals surface area contributed by atoms with E-state index in [2.05, 4.69) is 10.2 Å². The maximum atomic E-state index is 13.0. The number of benzene rings is 1. The van der Waals surface area contributed by atoms with Gasteiger partial charge in [-0.25, -0.2) is 8.42 Å². The normalized spacial score (nSPS) is 15.3. The number of nitrogens with zero attached hydrogens (tertiary/aromatic N) is 5. The Kier molecular flexibility index (Phi) is 5.41. The van der Waals surface area contributed by atoms with Gasteiger partial charge in [-0.3, -0.25) is 10.1 Å². The molecule has 0 unspecified atom stereocenters. The molecule has 3 aromatic rings. The highest BCUT2D eigenvalue weighted by Gasteiger charge is 2.31. The van der Waals surface area contributed by atoms with Crippen LogP contribution in [-0.2, 0) is 10.0 Å². The van der Waals surface area contributed by atoms with E-state index in [0.29, 0.717) is 30.4 Å². The summed E-state index contributed by atoms with van der Waals surface area (Å²) in [5.74, 6) is 1.23. The Labute approximate surface area is 176 Å². The van der Waals surface area contributed by atoms with E-state index >= 15 is 0 Å². The molecule has 30 heavy (non-hydrogen) atoms. The number of furan rings is 1. The van der Waals surface area contributed by atoms with Gasteiger partial charge in [0.25, 0.3) is 5.69 Å². The molecule has 4 rings (SSSR count). The second-order valence-corrected chi connectivity index (χ2v) is 8.83. The Bertz CT molecular complexity index is 1160. The van der Waals surface area contributed by atoms with Crippen molar-refractivity contribution in [1.82, 2.24) is 14.5 Å². The van der Waals surface area contributed by atoms with Crippen LogP contribution in [0.4, 0.5) is 11.5 Å². The van der Waals surface area contributed by atoms with E-state index in [1.54, 1.807) is 30.5 Å². The quantitative estimate of drug-likeness (QED) is 0.430. The molecule has 0 bridgehead atoms. The zero-order valence-electron chi connectivity index (χ0n) is 15.5. The van der Waals surface area contributed by atoms with Gasteiger partial charge < -0.3 is 9.32 Å². The molecule has 12 heteroatoms. The standard InChI is InChI=1S/C18H16ClN5O5S/c19-14-4-3-13(24(25)26)12-17(14)30(27,28)23-9-7-22(8-10-23)18-6-5-15(20-21-18)16-2-1-11-29-16/h1-6,11-12H,7-10H2. The first kappa shape index (κ1) is 20.3. The molecule has 0 saturated carbocycles. The summed E-state index contributed by atoms with van der Waals surface area (Å²) in [6.07, 6.45) is 1.55. The number of hydrogen-bond acceptors (Lipinski definition) is 8. The minimum Gasteiger partial charge on any atom is -0.463 e. The molecule has 1 aliphatic heterocycles. The molecule has 0 radical (unpaired) electrons. The van der Waals surface area contributed by atoms with Gasteiger partial charge in [-0.1, -0.05) is 11.6 Å². The van der Waals surface area contributed by atoms with Crippen LogP contribution in [0.15, 0.2) is 58.0 Å². The van der Waals surface area contributed by atoms with E-state index in [4.69, 9.17) is 16.0 Å². The van der Waals surface area contributed by atoms with Crippen molar-refractivity contribution in [2.45, 2.75) is 4.90 Å². The number of nitro groups is 1. The smallest absolute Gasteiger partial charge is 0.270 e. The zero-order chi connectivity index (χ0) is 21.3. The van der Waals surface area contributed by atoms with Gasteiger partial charge in [0.1, 0.15) is 10.6 Å². The van der Waals surface area contributed by atoms with Crippen LogP contribution in [0.3, 0.4) is 0 Å². The maximum Gasteiger partial charge on any atom is 0.270 e. The molecule has 0 amide bonds. The second-order valence-electron chi connectivity index (χ2n) is 6.52. The van der Waals surface area contributed by atoms with Crippen molar-refractivity contribution in [1.29, 1.82) is 0 Å². The number of rotatable bonds is 5. The summed E-state index contributed by atoms with van der Waals surface area (Å²) in [5.41, 5.74) is 0.272. The van der Waals surface area contributed by atoms with Crippen LogP contribution in [0.25, 0.3) is 11.5 Å². The van der Waals surface area contributed by atoms with E-state index in [9.17, 15) is 18.5 Å². The molecule has 0 spiro atoms. The third-order valence-electron chi connectivity index (χ3n) is 4.73. The average Bonchev–Trinajstić information content (AvgIpc) is 3.29. The summed E-state index contributed by atoms with van der Waals surface area (Å²) in [5, 5.41) is 19.3. The summed E-state index contributed by atoms with van der Waals surface area (Å²) in [6.45, 7) is 1.15. The van der Waals surface area contributed by atoms with Crippen molar-refractivity contribution in [3.63, 3.8) is 0 Å². The molecule has 156 valence electrons. The molecule has 2 aromatic heterocycles. The van der Waals surface area contributed by atoms with E-state index in [1.165, 1.54) is 16.4 Å². The van der Waals surface area contributed by atoms with Crippen LogP contribution in [-0.4, -0.2) is 54.0 Å². The highest BCUT2D eigenvalue weighted by molar-refractivity contribution is 7.89. The van der Waals surface area contributed by atoms with Crippen LogP contribution in [0.1, 0.15) is 0 Å². The number of piperazine rings is 1. The van der Waals surface area contributed by atoms with E-state index in [1.807, 2.05) is 4.90 Å². The first-order valence-electron chi connectivity index (χ1n) is 8.93. The van der Waals surface area contributed by atoms with Gasteiger partial charge in [-0.05, 0) is 30.3 Å². The molecule has 1 fully saturated rings. The van der Waals surface area contributed by atoms with Crippen LogP contribution >= 0.6 is 11.6 Å². The van der Waals surface area contributed by atoms with Crippen molar-refractivity contribution in [2.24, 2.45) is 0 Å². The van der Waals surface area contributed by atoms with E-state index < -0.39 is 14.9 Å². The fourth-order valence-electron chi connectivity index (χ4n) is 3.15. The summed E-state index contributed by atoms with van der Waals surface area (Å²) < 4.78 is 32.5. The van der Waals surface area contributed by atoms with Gasteiger partial charge in [0, 0.05) is 38.3 Å². The third-order valence-corrected chi connectivity index (χ3v) is 7.11. The first-order valence-corrected chi connectivity index (χ1v) is 10.7. The van der Waals surface area contributed by atoms with Gasteiger partial charge >= 0.3 is 0 Å². The van der Waals surface area contributed by atoms with E-state index in [0.717, 1.165) is 6.07 Å². The number of anilines is 1. The lowest BCUT2D eigenvalue weighted by atomic mass is 10.3. The molecule has 10 nitrogen and oxygen atoms in total. The molecule has 1 saturated heterocycles. The molecule has 0 N–H and O–H groups in total. The average molecular weight is 450 g/mol. The second kappa shape index (κ2) is 8.01. The zero-order valence-corrected chi connectivity index (χ0v) is 17.1. The van der Waals surface area contributed by atoms with Gasteiger partial charge in [0.15, 0.2) is 11.6 Å². The molecule has 0 aliphatic carbocycles. The van der Waals surface area contributed by atoms with Crippen LogP contribution < -0.4 is 4.90 Å². The lowest BCUT2D eigenvalue weighted by Crippen LogP contribution is -2.49.